The van der Waals surface area contributed by atoms with E-state index < -0.39 is 0 Å². The predicted octanol–water partition coefficient (Wildman–Crippen LogP) is 3.36. The molecule has 0 saturated heterocycles. The van der Waals surface area contributed by atoms with Crippen molar-refractivity contribution in [3.05, 3.63) is 48.8 Å². The Balaban J connectivity index is 1.77. The van der Waals surface area contributed by atoms with Crippen LogP contribution in [0.3, 0.4) is 0 Å². The minimum atomic E-state index is -0.251. The molecule has 1 aliphatic rings. The summed E-state index contributed by atoms with van der Waals surface area (Å²) in [7, 11) is 3.67. The average molecular weight is 433 g/mol. The Labute approximate surface area is 186 Å². The number of carbonyl (C=O) groups is 2. The van der Waals surface area contributed by atoms with Crippen LogP contribution in [0.2, 0.25) is 0 Å². The second kappa shape index (κ2) is 8.82. The second-order valence-corrected chi connectivity index (χ2v) is 8.21. The smallest absolute Gasteiger partial charge is 0.247 e. The Morgan fingerprint density at radius 1 is 1.16 bits per heavy atom. The molecule has 4 rings (SSSR count). The third-order valence-electron chi connectivity index (χ3n) is 6.40. The van der Waals surface area contributed by atoms with Crippen molar-refractivity contribution in [2.45, 2.75) is 31.6 Å². The number of fused-ring (bicyclic) bond motifs is 1. The quantitative estimate of drug-likeness (QED) is 0.535. The van der Waals surface area contributed by atoms with Gasteiger partial charge in [0.1, 0.15) is 17.8 Å². The van der Waals surface area contributed by atoms with Gasteiger partial charge in [-0.15, -0.1) is 0 Å². The Morgan fingerprint density at radius 2 is 1.84 bits per heavy atom. The van der Waals surface area contributed by atoms with Gasteiger partial charge in [0, 0.05) is 25.7 Å². The van der Waals surface area contributed by atoms with E-state index in [9.17, 15) is 9.59 Å². The van der Waals surface area contributed by atoms with Crippen molar-refractivity contribution in [2.24, 2.45) is 13.0 Å². The lowest BCUT2D eigenvalue weighted by molar-refractivity contribution is -0.125. The van der Waals surface area contributed by atoms with Crippen LogP contribution in [0.4, 0.5) is 11.5 Å². The second-order valence-electron chi connectivity index (χ2n) is 8.21. The topological polar surface area (TPSA) is 115 Å². The zero-order valence-corrected chi connectivity index (χ0v) is 18.4. The first-order valence-electron chi connectivity index (χ1n) is 10.8. The van der Waals surface area contributed by atoms with Crippen LogP contribution in [-0.2, 0) is 16.6 Å². The van der Waals surface area contributed by atoms with Crippen LogP contribution in [0.15, 0.2) is 43.2 Å². The van der Waals surface area contributed by atoms with Crippen molar-refractivity contribution in [3.8, 4) is 11.3 Å². The monoisotopic (exact) mass is 432 g/mol. The summed E-state index contributed by atoms with van der Waals surface area (Å²) >= 11 is 0. The zero-order valence-electron chi connectivity index (χ0n) is 18.4. The van der Waals surface area contributed by atoms with Crippen LogP contribution in [0.5, 0.6) is 0 Å². The van der Waals surface area contributed by atoms with E-state index in [2.05, 4.69) is 31.7 Å². The third kappa shape index (κ3) is 3.84. The van der Waals surface area contributed by atoms with E-state index in [-0.39, 0.29) is 23.7 Å². The van der Waals surface area contributed by atoms with Gasteiger partial charge in [-0.3, -0.25) is 9.59 Å². The number of amides is 2. The number of hydrogen-bond acceptors (Lipinski definition) is 5. The molecule has 2 heterocycles. The van der Waals surface area contributed by atoms with Crippen molar-refractivity contribution < 1.29 is 9.59 Å². The summed E-state index contributed by atoms with van der Waals surface area (Å²) in [5.74, 6) is 0.634. The molecule has 8 nitrogen and oxygen atoms in total. The number of hydrogen-bond donors (Lipinski definition) is 3. The fraction of sp³-hybridized carbons (Fsp3) is 0.333. The zero-order chi connectivity index (χ0) is 22.8. The van der Waals surface area contributed by atoms with Gasteiger partial charge in [-0.2, -0.15) is 0 Å². The van der Waals surface area contributed by atoms with E-state index in [1.54, 1.807) is 7.05 Å². The van der Waals surface area contributed by atoms with Crippen molar-refractivity contribution in [1.82, 2.24) is 19.9 Å². The number of carbonyl (C=O) groups excluding carboxylic acids is 2. The van der Waals surface area contributed by atoms with Gasteiger partial charge in [0.15, 0.2) is 0 Å². The van der Waals surface area contributed by atoms with Gasteiger partial charge in [0.2, 0.25) is 11.8 Å². The molecule has 166 valence electrons. The van der Waals surface area contributed by atoms with Gasteiger partial charge in [0.25, 0.3) is 0 Å². The maximum Gasteiger partial charge on any atom is 0.247 e. The molecular weight excluding hydrogens is 404 g/mol. The van der Waals surface area contributed by atoms with Crippen molar-refractivity contribution in [3.63, 3.8) is 0 Å². The standard InChI is InChI=1S/C24H28N6O2/c1-4-18(31)29-17-11-9-15(10-12-17)21-19(14-5-7-16(8-6-14)24(32)26-2)20-22(25)27-13-28-23(20)30(21)3/h4,9-14,16H,1,5-8H2,2-3H3,(H,26,32)(H,29,31)(H2,25,27,28). The van der Waals surface area contributed by atoms with E-state index in [1.807, 2.05) is 31.3 Å². The minimum Gasteiger partial charge on any atom is -0.383 e. The number of rotatable bonds is 5. The Hall–Kier alpha value is -3.68. The largest absolute Gasteiger partial charge is 0.383 e. The molecule has 0 atom stereocenters. The fourth-order valence-corrected chi connectivity index (χ4v) is 4.81. The highest BCUT2D eigenvalue weighted by Gasteiger charge is 2.32. The first-order chi connectivity index (χ1) is 15.4. The number of aryl methyl sites for hydroxylation is 1. The molecule has 0 spiro atoms. The van der Waals surface area contributed by atoms with E-state index in [0.29, 0.717) is 11.5 Å². The summed E-state index contributed by atoms with van der Waals surface area (Å²) in [6.07, 6.45) is 6.19. The summed E-state index contributed by atoms with van der Waals surface area (Å²) < 4.78 is 2.06. The SMILES string of the molecule is C=CC(=O)Nc1ccc(-c2c(C3CCC(C(=O)NC)CC3)c3c(N)ncnc3n2C)cc1. The predicted molar refractivity (Wildman–Crippen MR) is 126 cm³/mol. The fourth-order valence-electron chi connectivity index (χ4n) is 4.81. The highest BCUT2D eigenvalue weighted by molar-refractivity contribution is 5.99. The molecule has 1 aromatic carbocycles. The Bertz CT molecular complexity index is 1170. The number of nitrogens with zero attached hydrogens (tertiary/aromatic N) is 3. The molecule has 32 heavy (non-hydrogen) atoms. The van der Waals surface area contributed by atoms with Crippen LogP contribution < -0.4 is 16.4 Å². The van der Waals surface area contributed by atoms with Gasteiger partial charge < -0.3 is 20.9 Å². The van der Waals surface area contributed by atoms with E-state index in [1.165, 1.54) is 12.4 Å². The lowest BCUT2D eigenvalue weighted by Gasteiger charge is -2.28. The minimum absolute atomic E-state index is 0.0519. The maximum absolute atomic E-state index is 12.1. The highest BCUT2D eigenvalue weighted by Crippen LogP contribution is 2.45. The molecule has 0 radical (unpaired) electrons. The number of nitrogens with one attached hydrogen (secondary N) is 2. The number of nitrogen functional groups attached to an aromatic ring is 1. The lowest BCUT2D eigenvalue weighted by atomic mass is 9.77. The van der Waals surface area contributed by atoms with Gasteiger partial charge >= 0.3 is 0 Å². The molecule has 4 N–H and O–H groups in total. The first-order valence-corrected chi connectivity index (χ1v) is 10.8. The number of nitrogens with two attached hydrogens (primary N) is 1. The molecule has 0 bridgehead atoms. The van der Waals surface area contributed by atoms with Crippen molar-refractivity contribution in [1.29, 1.82) is 0 Å². The van der Waals surface area contributed by atoms with Crippen molar-refractivity contribution in [2.75, 3.05) is 18.1 Å². The van der Waals surface area contributed by atoms with E-state index in [0.717, 1.165) is 53.5 Å². The molecule has 2 aromatic heterocycles. The van der Waals surface area contributed by atoms with Crippen LogP contribution in [-0.4, -0.2) is 33.4 Å². The molecular formula is C24H28N6O2. The number of benzene rings is 1. The first kappa shape index (κ1) is 21.5. The number of anilines is 2. The van der Waals surface area contributed by atoms with Crippen LogP contribution in [0.25, 0.3) is 22.3 Å². The molecule has 8 heteroatoms. The average Bonchev–Trinajstić information content (AvgIpc) is 3.12. The third-order valence-corrected chi connectivity index (χ3v) is 6.40. The molecule has 0 unspecified atom stereocenters. The molecule has 1 saturated carbocycles. The Morgan fingerprint density at radius 3 is 2.47 bits per heavy atom. The normalized spacial score (nSPS) is 18.3. The van der Waals surface area contributed by atoms with Gasteiger partial charge in [-0.05, 0) is 60.9 Å². The van der Waals surface area contributed by atoms with E-state index in [4.69, 9.17) is 5.73 Å². The molecule has 3 aromatic rings. The van der Waals surface area contributed by atoms with Crippen LogP contribution in [0.1, 0.15) is 37.2 Å². The number of aromatic nitrogens is 3. The molecule has 2 amide bonds. The summed E-state index contributed by atoms with van der Waals surface area (Å²) in [6.45, 7) is 3.49. The lowest BCUT2D eigenvalue weighted by Crippen LogP contribution is -2.30. The Kier molecular flexibility index (Phi) is 5.94. The molecule has 0 aliphatic heterocycles. The molecule has 1 fully saturated rings. The van der Waals surface area contributed by atoms with Crippen LogP contribution >= 0.6 is 0 Å². The van der Waals surface area contributed by atoms with Gasteiger partial charge in [-0.25, -0.2) is 9.97 Å². The summed E-state index contributed by atoms with van der Waals surface area (Å²) in [6, 6.07) is 7.71. The van der Waals surface area contributed by atoms with Crippen molar-refractivity contribution >= 4 is 34.4 Å². The maximum atomic E-state index is 12.1. The van der Waals surface area contributed by atoms with Gasteiger partial charge in [0.05, 0.1) is 11.1 Å². The van der Waals surface area contributed by atoms with Gasteiger partial charge in [-0.1, -0.05) is 18.7 Å². The summed E-state index contributed by atoms with van der Waals surface area (Å²) in [5.41, 5.74) is 11.0. The molecule has 1 aliphatic carbocycles. The van der Waals surface area contributed by atoms with Crippen LogP contribution in [0, 0.1) is 5.92 Å². The highest BCUT2D eigenvalue weighted by atomic mass is 16.2. The summed E-state index contributed by atoms with van der Waals surface area (Å²) in [5, 5.41) is 6.44. The van der Waals surface area contributed by atoms with E-state index >= 15 is 0 Å². The summed E-state index contributed by atoms with van der Waals surface area (Å²) in [4.78, 5) is 32.5.